The molecule has 22 heavy (non-hydrogen) atoms. The van der Waals surface area contributed by atoms with E-state index in [1.807, 2.05) is 13.0 Å². The number of nitrogens with zero attached hydrogens (tertiary/aromatic N) is 1. The van der Waals surface area contributed by atoms with Crippen molar-refractivity contribution in [2.75, 3.05) is 0 Å². The molecule has 2 aliphatic carbocycles. The number of aryl methyl sites for hydroxylation is 1. The van der Waals surface area contributed by atoms with Gasteiger partial charge in [-0.3, -0.25) is 14.9 Å². The van der Waals surface area contributed by atoms with Crippen molar-refractivity contribution in [3.63, 3.8) is 0 Å². The van der Waals surface area contributed by atoms with Crippen LogP contribution in [0.4, 0.5) is 5.69 Å². The van der Waals surface area contributed by atoms with Gasteiger partial charge in [0.1, 0.15) is 6.29 Å². The Hall–Kier alpha value is -2.23. The Labute approximate surface area is 129 Å². The van der Waals surface area contributed by atoms with Crippen LogP contribution >= 0.6 is 0 Å². The molecule has 0 N–H and O–H groups in total. The van der Waals surface area contributed by atoms with Crippen LogP contribution in [0.3, 0.4) is 0 Å². The number of nitro benzene ring substituents is 1. The van der Waals surface area contributed by atoms with Gasteiger partial charge in [0.2, 0.25) is 0 Å². The first kappa shape index (κ1) is 14.7. The molecular formula is C18H19NO3. The smallest absolute Gasteiger partial charge is 0.269 e. The van der Waals surface area contributed by atoms with Gasteiger partial charge in [-0.25, -0.2) is 0 Å². The van der Waals surface area contributed by atoms with E-state index in [2.05, 4.69) is 6.08 Å². The van der Waals surface area contributed by atoms with Crippen LogP contribution in [0.1, 0.15) is 42.7 Å². The molecule has 0 aliphatic heterocycles. The quantitative estimate of drug-likeness (QED) is 0.476. The predicted octanol–water partition coefficient (Wildman–Crippen LogP) is 4.24. The summed E-state index contributed by atoms with van der Waals surface area (Å²) in [5, 5.41) is 11.1. The SMILES string of the molecule is Cc1ccc([N+](=O)[O-])cc1[C@@H]1C(C=O)=CC=C2CCCC[C@H]21. The summed E-state index contributed by atoms with van der Waals surface area (Å²) in [7, 11) is 0. The zero-order chi connectivity index (χ0) is 15.7. The van der Waals surface area contributed by atoms with Gasteiger partial charge in [-0.05, 0) is 48.8 Å². The highest BCUT2D eigenvalue weighted by atomic mass is 16.6. The summed E-state index contributed by atoms with van der Waals surface area (Å²) < 4.78 is 0. The van der Waals surface area contributed by atoms with Crippen LogP contribution in [-0.4, -0.2) is 11.2 Å². The van der Waals surface area contributed by atoms with Gasteiger partial charge in [-0.1, -0.05) is 30.2 Å². The lowest BCUT2D eigenvalue weighted by molar-refractivity contribution is -0.384. The van der Waals surface area contributed by atoms with Gasteiger partial charge < -0.3 is 0 Å². The summed E-state index contributed by atoms with van der Waals surface area (Å²) in [6, 6.07) is 4.97. The molecule has 0 spiro atoms. The summed E-state index contributed by atoms with van der Waals surface area (Å²) in [6.07, 6.45) is 9.34. The summed E-state index contributed by atoms with van der Waals surface area (Å²) in [5.74, 6) is 0.261. The number of hydrogen-bond donors (Lipinski definition) is 0. The molecule has 2 atom stereocenters. The molecule has 0 amide bonds. The van der Waals surface area contributed by atoms with Crippen molar-refractivity contribution in [1.29, 1.82) is 0 Å². The minimum atomic E-state index is -0.367. The Kier molecular flexibility index (Phi) is 3.92. The van der Waals surface area contributed by atoms with Crippen molar-refractivity contribution in [2.24, 2.45) is 5.92 Å². The molecule has 2 aliphatic rings. The van der Waals surface area contributed by atoms with Crippen LogP contribution in [0.5, 0.6) is 0 Å². The molecule has 0 bridgehead atoms. The molecule has 1 aromatic carbocycles. The molecule has 4 heteroatoms. The maximum Gasteiger partial charge on any atom is 0.269 e. The number of nitro groups is 1. The standard InChI is InChI=1S/C18H19NO3/c1-12-6-9-15(19(21)22)10-17(12)18-14(11-20)8-7-13-4-2-3-5-16(13)18/h6-11,16,18H,2-5H2,1H3/t16-,18-/m1/s1. The summed E-state index contributed by atoms with van der Waals surface area (Å²) >= 11 is 0. The number of fused-ring (bicyclic) bond motifs is 1. The molecule has 3 rings (SSSR count). The van der Waals surface area contributed by atoms with Gasteiger partial charge in [0.15, 0.2) is 0 Å². The number of benzene rings is 1. The highest BCUT2D eigenvalue weighted by Crippen LogP contribution is 2.46. The van der Waals surface area contributed by atoms with Gasteiger partial charge >= 0.3 is 0 Å². The van der Waals surface area contributed by atoms with Crippen LogP contribution in [0.2, 0.25) is 0 Å². The predicted molar refractivity (Wildman–Crippen MR) is 84.8 cm³/mol. The minimum absolute atomic E-state index is 0.0438. The first-order chi connectivity index (χ1) is 10.6. The third-order valence-electron chi connectivity index (χ3n) is 4.90. The van der Waals surface area contributed by atoms with Gasteiger partial charge in [0.25, 0.3) is 5.69 Å². The highest BCUT2D eigenvalue weighted by Gasteiger charge is 2.34. The van der Waals surface area contributed by atoms with Gasteiger partial charge in [0.05, 0.1) is 4.92 Å². The second-order valence-electron chi connectivity index (χ2n) is 6.15. The number of hydrogen-bond acceptors (Lipinski definition) is 3. The van der Waals surface area contributed by atoms with Crippen LogP contribution in [0.15, 0.2) is 41.5 Å². The van der Waals surface area contributed by atoms with Crippen molar-refractivity contribution >= 4 is 12.0 Å². The molecule has 114 valence electrons. The normalized spacial score (nSPS) is 24.0. The largest absolute Gasteiger partial charge is 0.298 e. The monoisotopic (exact) mass is 297 g/mol. The summed E-state index contributed by atoms with van der Waals surface area (Å²) in [5.41, 5.74) is 4.14. The van der Waals surface area contributed by atoms with E-state index in [4.69, 9.17) is 0 Å². The summed E-state index contributed by atoms with van der Waals surface area (Å²) in [6.45, 7) is 1.96. The third-order valence-corrected chi connectivity index (χ3v) is 4.90. The highest BCUT2D eigenvalue weighted by molar-refractivity contribution is 5.78. The first-order valence-electron chi connectivity index (χ1n) is 7.72. The van der Waals surface area contributed by atoms with Crippen molar-refractivity contribution in [3.05, 3.63) is 62.7 Å². The Morgan fingerprint density at radius 3 is 2.82 bits per heavy atom. The molecular weight excluding hydrogens is 278 g/mol. The second-order valence-corrected chi connectivity index (χ2v) is 6.15. The lowest BCUT2D eigenvalue weighted by Gasteiger charge is -2.36. The molecule has 1 aromatic rings. The number of rotatable bonds is 3. The van der Waals surface area contributed by atoms with Gasteiger partial charge in [-0.15, -0.1) is 0 Å². The van der Waals surface area contributed by atoms with E-state index in [-0.39, 0.29) is 16.5 Å². The second kappa shape index (κ2) is 5.87. The average Bonchev–Trinajstić information content (AvgIpc) is 2.54. The van der Waals surface area contributed by atoms with E-state index in [0.29, 0.717) is 5.92 Å². The van der Waals surface area contributed by atoms with E-state index in [1.54, 1.807) is 12.1 Å². The Bertz CT molecular complexity index is 688. The van der Waals surface area contributed by atoms with Crippen molar-refractivity contribution in [3.8, 4) is 0 Å². The number of carbonyl (C=O) groups excluding carboxylic acids is 1. The van der Waals surface area contributed by atoms with E-state index >= 15 is 0 Å². The number of allylic oxidation sites excluding steroid dienone is 4. The molecule has 1 saturated carbocycles. The fourth-order valence-corrected chi connectivity index (χ4v) is 3.78. The third kappa shape index (κ3) is 2.49. The van der Waals surface area contributed by atoms with E-state index in [9.17, 15) is 14.9 Å². The molecule has 0 radical (unpaired) electrons. The first-order valence-corrected chi connectivity index (χ1v) is 7.72. The number of aldehydes is 1. The van der Waals surface area contributed by atoms with Crippen LogP contribution < -0.4 is 0 Å². The summed E-state index contributed by atoms with van der Waals surface area (Å²) in [4.78, 5) is 22.2. The van der Waals surface area contributed by atoms with Gasteiger partial charge in [-0.2, -0.15) is 0 Å². The van der Waals surface area contributed by atoms with Crippen molar-refractivity contribution < 1.29 is 9.72 Å². The lowest BCUT2D eigenvalue weighted by Crippen LogP contribution is -2.24. The molecule has 4 nitrogen and oxygen atoms in total. The van der Waals surface area contributed by atoms with Crippen molar-refractivity contribution in [1.82, 2.24) is 0 Å². The Morgan fingerprint density at radius 1 is 1.27 bits per heavy atom. The molecule has 0 saturated heterocycles. The van der Waals surface area contributed by atoms with Crippen molar-refractivity contribution in [2.45, 2.75) is 38.5 Å². The number of non-ortho nitro benzene ring substituents is 1. The van der Waals surface area contributed by atoms with E-state index in [0.717, 1.165) is 42.2 Å². The molecule has 0 heterocycles. The Balaban J connectivity index is 2.10. The maximum absolute atomic E-state index is 11.5. The fraction of sp³-hybridized carbons (Fsp3) is 0.389. The van der Waals surface area contributed by atoms with Crippen LogP contribution in [0, 0.1) is 23.0 Å². The average molecular weight is 297 g/mol. The zero-order valence-corrected chi connectivity index (χ0v) is 12.6. The van der Waals surface area contributed by atoms with Crippen LogP contribution in [0.25, 0.3) is 0 Å². The molecule has 1 fully saturated rings. The molecule has 0 unspecified atom stereocenters. The number of carbonyl (C=O) groups is 1. The van der Waals surface area contributed by atoms with E-state index < -0.39 is 0 Å². The van der Waals surface area contributed by atoms with Gasteiger partial charge in [0, 0.05) is 18.1 Å². The van der Waals surface area contributed by atoms with E-state index in [1.165, 1.54) is 18.1 Å². The fourth-order valence-electron chi connectivity index (χ4n) is 3.78. The molecule has 0 aromatic heterocycles. The maximum atomic E-state index is 11.5. The lowest BCUT2D eigenvalue weighted by atomic mass is 9.67. The minimum Gasteiger partial charge on any atom is -0.298 e. The Morgan fingerprint density at radius 2 is 2.09 bits per heavy atom. The van der Waals surface area contributed by atoms with Crippen LogP contribution in [-0.2, 0) is 4.79 Å². The topological polar surface area (TPSA) is 60.2 Å². The zero-order valence-electron chi connectivity index (χ0n) is 12.6.